The second-order valence-corrected chi connectivity index (χ2v) is 5.38. The normalized spacial score (nSPS) is 23.2. The summed E-state index contributed by atoms with van der Waals surface area (Å²) in [5.41, 5.74) is 0.584. The van der Waals surface area contributed by atoms with E-state index in [4.69, 9.17) is 14.2 Å². The number of carbonyl (C=O) groups is 1. The van der Waals surface area contributed by atoms with Crippen LogP contribution in [0.4, 0.5) is 0 Å². The van der Waals surface area contributed by atoms with Gasteiger partial charge in [-0.2, -0.15) is 0 Å². The zero-order chi connectivity index (χ0) is 14.3. The third-order valence-electron chi connectivity index (χ3n) is 4.18. The summed E-state index contributed by atoms with van der Waals surface area (Å²) in [7, 11) is 4.66. The second-order valence-electron chi connectivity index (χ2n) is 5.38. The monoisotopic (exact) mass is 277 g/mol. The Kier molecular flexibility index (Phi) is 3.20. The average Bonchev–Trinajstić information content (AvgIpc) is 3.10. The van der Waals surface area contributed by atoms with Crippen molar-refractivity contribution in [3.05, 3.63) is 17.7 Å². The Morgan fingerprint density at radius 3 is 2.05 bits per heavy atom. The van der Waals surface area contributed by atoms with E-state index < -0.39 is 0 Å². The fraction of sp³-hybridized carbons (Fsp3) is 0.533. The fourth-order valence-corrected chi connectivity index (χ4v) is 2.95. The molecule has 1 saturated carbocycles. The Morgan fingerprint density at radius 1 is 1.05 bits per heavy atom. The highest BCUT2D eigenvalue weighted by Gasteiger charge is 2.46. The summed E-state index contributed by atoms with van der Waals surface area (Å²) in [6.45, 7) is 1.75. The first-order valence-corrected chi connectivity index (χ1v) is 6.77. The zero-order valence-electron chi connectivity index (χ0n) is 12.0. The number of ether oxygens (including phenoxy) is 3. The van der Waals surface area contributed by atoms with Gasteiger partial charge in [-0.15, -0.1) is 0 Å². The number of rotatable bonds is 4. The van der Waals surface area contributed by atoms with Crippen molar-refractivity contribution in [3.63, 3.8) is 0 Å². The van der Waals surface area contributed by atoms with Gasteiger partial charge in [-0.1, -0.05) is 0 Å². The minimum atomic E-state index is 0.0384. The summed E-state index contributed by atoms with van der Waals surface area (Å²) in [5.74, 6) is 3.02. The van der Waals surface area contributed by atoms with Crippen molar-refractivity contribution in [2.75, 3.05) is 34.4 Å². The van der Waals surface area contributed by atoms with Gasteiger partial charge in [0.25, 0.3) is 5.91 Å². The highest BCUT2D eigenvalue weighted by Crippen LogP contribution is 2.45. The van der Waals surface area contributed by atoms with E-state index in [0.717, 1.165) is 24.9 Å². The maximum Gasteiger partial charge on any atom is 0.254 e. The molecular formula is C15H19NO4. The van der Waals surface area contributed by atoms with E-state index in [0.29, 0.717) is 22.8 Å². The van der Waals surface area contributed by atoms with Crippen molar-refractivity contribution in [1.29, 1.82) is 0 Å². The van der Waals surface area contributed by atoms with Crippen molar-refractivity contribution < 1.29 is 19.0 Å². The van der Waals surface area contributed by atoms with Crippen LogP contribution < -0.4 is 14.2 Å². The molecule has 1 saturated heterocycles. The van der Waals surface area contributed by atoms with Crippen LogP contribution in [0.1, 0.15) is 16.8 Å². The predicted octanol–water partition coefficient (Wildman–Crippen LogP) is 1.80. The molecule has 2 aliphatic rings. The van der Waals surface area contributed by atoms with Crippen LogP contribution in [0.15, 0.2) is 12.1 Å². The maximum atomic E-state index is 12.5. The molecule has 20 heavy (non-hydrogen) atoms. The van der Waals surface area contributed by atoms with Gasteiger partial charge in [0.2, 0.25) is 5.75 Å². The van der Waals surface area contributed by atoms with Gasteiger partial charge in [0.05, 0.1) is 21.3 Å². The number of nitrogens with zero attached hydrogens (tertiary/aromatic N) is 1. The van der Waals surface area contributed by atoms with E-state index >= 15 is 0 Å². The molecule has 0 radical (unpaired) electrons. The van der Waals surface area contributed by atoms with Crippen LogP contribution >= 0.6 is 0 Å². The molecule has 1 heterocycles. The molecule has 1 aromatic carbocycles. The molecule has 1 amide bonds. The van der Waals surface area contributed by atoms with Crippen molar-refractivity contribution in [2.24, 2.45) is 11.8 Å². The van der Waals surface area contributed by atoms with Crippen molar-refractivity contribution in [2.45, 2.75) is 6.42 Å². The zero-order valence-corrected chi connectivity index (χ0v) is 12.0. The first-order valence-electron chi connectivity index (χ1n) is 6.77. The molecule has 1 aromatic rings. The first-order chi connectivity index (χ1) is 9.67. The number of hydrogen-bond donors (Lipinski definition) is 0. The smallest absolute Gasteiger partial charge is 0.254 e. The van der Waals surface area contributed by atoms with E-state index in [-0.39, 0.29) is 5.91 Å². The summed E-state index contributed by atoms with van der Waals surface area (Å²) >= 11 is 0. The van der Waals surface area contributed by atoms with Crippen LogP contribution in [0.2, 0.25) is 0 Å². The van der Waals surface area contributed by atoms with Crippen molar-refractivity contribution >= 4 is 5.91 Å². The van der Waals surface area contributed by atoms with E-state index in [9.17, 15) is 4.79 Å². The van der Waals surface area contributed by atoms with Crippen LogP contribution in [0, 0.1) is 11.8 Å². The quantitative estimate of drug-likeness (QED) is 0.842. The van der Waals surface area contributed by atoms with Crippen LogP contribution in [0.5, 0.6) is 17.2 Å². The van der Waals surface area contributed by atoms with Gasteiger partial charge in [-0.3, -0.25) is 4.79 Å². The van der Waals surface area contributed by atoms with Crippen molar-refractivity contribution in [1.82, 2.24) is 4.90 Å². The van der Waals surface area contributed by atoms with Gasteiger partial charge in [-0.25, -0.2) is 0 Å². The van der Waals surface area contributed by atoms with E-state index in [1.807, 2.05) is 4.90 Å². The highest BCUT2D eigenvalue weighted by atomic mass is 16.5. The molecule has 5 nitrogen and oxygen atoms in total. The van der Waals surface area contributed by atoms with Gasteiger partial charge < -0.3 is 19.1 Å². The Labute approximate surface area is 118 Å². The molecule has 0 N–H and O–H groups in total. The third-order valence-corrected chi connectivity index (χ3v) is 4.18. The van der Waals surface area contributed by atoms with E-state index in [2.05, 4.69) is 0 Å². The molecule has 2 unspecified atom stereocenters. The molecule has 2 atom stereocenters. The topological polar surface area (TPSA) is 48.0 Å². The minimum Gasteiger partial charge on any atom is -0.493 e. The number of hydrogen-bond acceptors (Lipinski definition) is 4. The highest BCUT2D eigenvalue weighted by molar-refractivity contribution is 5.96. The summed E-state index contributed by atoms with van der Waals surface area (Å²) in [4.78, 5) is 14.4. The number of benzene rings is 1. The second kappa shape index (κ2) is 4.89. The largest absolute Gasteiger partial charge is 0.493 e. The average molecular weight is 277 g/mol. The molecule has 0 spiro atoms. The van der Waals surface area contributed by atoms with Gasteiger partial charge in [0.1, 0.15) is 0 Å². The van der Waals surface area contributed by atoms with Crippen LogP contribution in [-0.4, -0.2) is 45.2 Å². The fourth-order valence-electron chi connectivity index (χ4n) is 2.95. The molecule has 2 fully saturated rings. The van der Waals surface area contributed by atoms with Gasteiger partial charge >= 0.3 is 0 Å². The van der Waals surface area contributed by atoms with Crippen LogP contribution in [-0.2, 0) is 0 Å². The number of amides is 1. The van der Waals surface area contributed by atoms with Crippen molar-refractivity contribution in [3.8, 4) is 17.2 Å². The molecular weight excluding hydrogens is 258 g/mol. The Bertz CT molecular complexity index is 508. The number of methoxy groups -OCH3 is 3. The van der Waals surface area contributed by atoms with Crippen LogP contribution in [0.25, 0.3) is 0 Å². The number of likely N-dealkylation sites (tertiary alicyclic amines) is 1. The summed E-state index contributed by atoms with van der Waals surface area (Å²) in [6.07, 6.45) is 1.28. The van der Waals surface area contributed by atoms with Gasteiger partial charge in [-0.05, 0) is 30.4 Å². The maximum absolute atomic E-state index is 12.5. The number of fused-ring (bicyclic) bond motifs is 1. The molecule has 0 aromatic heterocycles. The molecule has 108 valence electrons. The lowest BCUT2D eigenvalue weighted by molar-refractivity contribution is 0.0774. The summed E-state index contributed by atoms with van der Waals surface area (Å²) in [6, 6.07) is 3.43. The minimum absolute atomic E-state index is 0.0384. The Hall–Kier alpha value is -1.91. The Morgan fingerprint density at radius 2 is 1.60 bits per heavy atom. The standard InChI is InChI=1S/C15H19NO4/c1-18-12-5-9(6-13(19-2)14(12)20-3)15(17)16-7-10-4-11(10)8-16/h5-6,10-11H,4,7-8H2,1-3H3. The van der Waals surface area contributed by atoms with E-state index in [1.54, 1.807) is 33.5 Å². The lowest BCUT2D eigenvalue weighted by atomic mass is 10.1. The van der Waals surface area contributed by atoms with Crippen LogP contribution in [0.3, 0.4) is 0 Å². The summed E-state index contributed by atoms with van der Waals surface area (Å²) in [5, 5.41) is 0. The predicted molar refractivity (Wildman–Crippen MR) is 73.6 cm³/mol. The molecule has 0 bridgehead atoms. The SMILES string of the molecule is COc1cc(C(=O)N2CC3CC3C2)cc(OC)c1OC. The Balaban J connectivity index is 1.90. The van der Waals surface area contributed by atoms with Gasteiger partial charge in [0, 0.05) is 18.7 Å². The summed E-state index contributed by atoms with van der Waals surface area (Å²) < 4.78 is 15.8. The molecule has 5 heteroatoms. The van der Waals surface area contributed by atoms with E-state index in [1.165, 1.54) is 6.42 Å². The lowest BCUT2D eigenvalue weighted by Crippen LogP contribution is -2.30. The molecule has 3 rings (SSSR count). The number of piperidine rings is 1. The number of carbonyl (C=O) groups excluding carboxylic acids is 1. The molecule has 1 aliphatic carbocycles. The first kappa shape index (κ1) is 13.1. The third kappa shape index (κ3) is 2.07. The van der Waals surface area contributed by atoms with Gasteiger partial charge in [0.15, 0.2) is 11.5 Å². The molecule has 1 aliphatic heterocycles. The lowest BCUT2D eigenvalue weighted by Gasteiger charge is -2.20.